The highest BCUT2D eigenvalue weighted by Gasteiger charge is 1.93. The highest BCUT2D eigenvalue weighted by Crippen LogP contribution is 2.10. The molecule has 1 heterocycles. The SMILES string of the molecule is Cc1ccc(/C=C/c2ccc(/C=C/c3ccc(C)cc3)nn2)cc1. The molecule has 24 heavy (non-hydrogen) atoms. The Morgan fingerprint density at radius 3 is 1.21 bits per heavy atom. The van der Waals surface area contributed by atoms with Crippen LogP contribution in [-0.4, -0.2) is 10.2 Å². The normalized spacial score (nSPS) is 11.4. The van der Waals surface area contributed by atoms with Crippen LogP contribution in [0.4, 0.5) is 0 Å². The predicted molar refractivity (Wildman–Crippen MR) is 102 cm³/mol. The molecule has 118 valence electrons. The van der Waals surface area contributed by atoms with Crippen molar-refractivity contribution in [2.45, 2.75) is 13.8 Å². The van der Waals surface area contributed by atoms with Gasteiger partial charge in [0.05, 0.1) is 11.4 Å². The second-order valence-corrected chi connectivity index (χ2v) is 5.87. The summed E-state index contributed by atoms with van der Waals surface area (Å²) in [5.74, 6) is 0. The van der Waals surface area contributed by atoms with Crippen molar-refractivity contribution in [2.24, 2.45) is 0 Å². The standard InChI is InChI=1S/C22H20N2/c1-17-3-7-19(8-4-17)11-13-21-15-16-22(24-23-21)14-12-20-9-5-18(2)6-10-20/h3-16H,1-2H3/b13-11+,14-12+. The third-order valence-electron chi connectivity index (χ3n) is 3.75. The van der Waals surface area contributed by atoms with Crippen LogP contribution in [0, 0.1) is 13.8 Å². The van der Waals surface area contributed by atoms with Gasteiger partial charge in [0.2, 0.25) is 0 Å². The number of hydrogen-bond acceptors (Lipinski definition) is 2. The zero-order valence-corrected chi connectivity index (χ0v) is 14.0. The molecule has 0 fully saturated rings. The molecule has 0 spiro atoms. The zero-order chi connectivity index (χ0) is 16.8. The first-order valence-electron chi connectivity index (χ1n) is 8.02. The van der Waals surface area contributed by atoms with E-state index in [1.54, 1.807) is 0 Å². The van der Waals surface area contributed by atoms with Crippen LogP contribution in [0.2, 0.25) is 0 Å². The summed E-state index contributed by atoms with van der Waals surface area (Å²) >= 11 is 0. The molecule has 0 aliphatic rings. The lowest BCUT2D eigenvalue weighted by Gasteiger charge is -1.97. The molecule has 3 aromatic rings. The molecule has 0 N–H and O–H groups in total. The van der Waals surface area contributed by atoms with E-state index in [1.165, 1.54) is 11.1 Å². The molecule has 0 atom stereocenters. The van der Waals surface area contributed by atoms with E-state index in [4.69, 9.17) is 0 Å². The first-order valence-corrected chi connectivity index (χ1v) is 8.02. The quantitative estimate of drug-likeness (QED) is 0.641. The maximum absolute atomic E-state index is 4.25. The molecule has 3 rings (SSSR count). The van der Waals surface area contributed by atoms with Crippen LogP contribution in [0.15, 0.2) is 60.7 Å². The highest BCUT2D eigenvalue weighted by molar-refractivity contribution is 5.70. The second kappa shape index (κ2) is 7.51. The number of aromatic nitrogens is 2. The summed E-state index contributed by atoms with van der Waals surface area (Å²) in [6.07, 6.45) is 8.05. The number of benzene rings is 2. The average molecular weight is 312 g/mol. The molecule has 2 aromatic carbocycles. The average Bonchev–Trinajstić information content (AvgIpc) is 2.62. The number of aryl methyl sites for hydroxylation is 2. The molecule has 0 aliphatic heterocycles. The highest BCUT2D eigenvalue weighted by atomic mass is 15.1. The first-order chi connectivity index (χ1) is 11.7. The summed E-state index contributed by atoms with van der Waals surface area (Å²) in [7, 11) is 0. The van der Waals surface area contributed by atoms with Crippen LogP contribution in [-0.2, 0) is 0 Å². The van der Waals surface area contributed by atoms with Crippen LogP contribution >= 0.6 is 0 Å². The summed E-state index contributed by atoms with van der Waals surface area (Å²) in [6, 6.07) is 20.7. The van der Waals surface area contributed by atoms with Gasteiger partial charge >= 0.3 is 0 Å². The Hall–Kier alpha value is -3.00. The third kappa shape index (κ3) is 4.50. The topological polar surface area (TPSA) is 25.8 Å². The van der Waals surface area contributed by atoms with E-state index in [0.717, 1.165) is 22.5 Å². The number of hydrogen-bond donors (Lipinski definition) is 0. The van der Waals surface area contributed by atoms with Gasteiger partial charge in [-0.05, 0) is 49.3 Å². The van der Waals surface area contributed by atoms with Crippen molar-refractivity contribution >= 4 is 24.3 Å². The molecule has 0 unspecified atom stereocenters. The van der Waals surface area contributed by atoms with Crippen LogP contribution in [0.1, 0.15) is 33.6 Å². The van der Waals surface area contributed by atoms with E-state index >= 15 is 0 Å². The van der Waals surface area contributed by atoms with Gasteiger partial charge < -0.3 is 0 Å². The Balaban J connectivity index is 1.66. The molecule has 2 nitrogen and oxygen atoms in total. The Bertz CT molecular complexity index is 765. The van der Waals surface area contributed by atoms with Crippen LogP contribution in [0.3, 0.4) is 0 Å². The van der Waals surface area contributed by atoms with Gasteiger partial charge in [-0.25, -0.2) is 0 Å². The van der Waals surface area contributed by atoms with Gasteiger partial charge in [-0.3, -0.25) is 0 Å². The van der Waals surface area contributed by atoms with Crippen molar-refractivity contribution in [3.05, 3.63) is 94.3 Å². The van der Waals surface area contributed by atoms with Gasteiger partial charge in [0, 0.05) is 0 Å². The lowest BCUT2D eigenvalue weighted by Crippen LogP contribution is -1.88. The molecule has 0 amide bonds. The Morgan fingerprint density at radius 2 is 0.875 bits per heavy atom. The van der Waals surface area contributed by atoms with Crippen molar-refractivity contribution in [3.63, 3.8) is 0 Å². The Kier molecular flexibility index (Phi) is 4.97. The summed E-state index contributed by atoms with van der Waals surface area (Å²) in [4.78, 5) is 0. The smallest absolute Gasteiger partial charge is 0.0858 e. The minimum atomic E-state index is 0.850. The fraction of sp³-hybridized carbons (Fsp3) is 0.0909. The maximum Gasteiger partial charge on any atom is 0.0858 e. The van der Waals surface area contributed by atoms with Gasteiger partial charge in [0.25, 0.3) is 0 Å². The minimum Gasteiger partial charge on any atom is -0.151 e. The maximum atomic E-state index is 4.25. The van der Waals surface area contributed by atoms with E-state index in [0.29, 0.717) is 0 Å². The number of rotatable bonds is 4. The van der Waals surface area contributed by atoms with Gasteiger partial charge in [0.1, 0.15) is 0 Å². The minimum absolute atomic E-state index is 0.850. The van der Waals surface area contributed by atoms with Crippen LogP contribution in [0.5, 0.6) is 0 Å². The Morgan fingerprint density at radius 1 is 0.500 bits per heavy atom. The monoisotopic (exact) mass is 312 g/mol. The van der Waals surface area contributed by atoms with E-state index in [-0.39, 0.29) is 0 Å². The van der Waals surface area contributed by atoms with E-state index in [9.17, 15) is 0 Å². The third-order valence-corrected chi connectivity index (χ3v) is 3.75. The molecule has 0 bridgehead atoms. The van der Waals surface area contributed by atoms with E-state index in [2.05, 4.69) is 72.6 Å². The van der Waals surface area contributed by atoms with Crippen molar-refractivity contribution in [1.29, 1.82) is 0 Å². The second-order valence-electron chi connectivity index (χ2n) is 5.87. The van der Waals surface area contributed by atoms with Gasteiger partial charge in [-0.15, -0.1) is 0 Å². The van der Waals surface area contributed by atoms with E-state index < -0.39 is 0 Å². The molecule has 2 heteroatoms. The fourth-order valence-corrected chi connectivity index (χ4v) is 2.25. The molecule has 0 aliphatic carbocycles. The molecule has 0 saturated carbocycles. The van der Waals surface area contributed by atoms with E-state index in [1.807, 2.05) is 36.4 Å². The molecule has 0 saturated heterocycles. The van der Waals surface area contributed by atoms with Gasteiger partial charge in [0.15, 0.2) is 0 Å². The van der Waals surface area contributed by atoms with Crippen molar-refractivity contribution in [3.8, 4) is 0 Å². The molecular formula is C22H20N2. The van der Waals surface area contributed by atoms with Gasteiger partial charge in [-0.2, -0.15) is 10.2 Å². The molecule has 0 radical (unpaired) electrons. The summed E-state index contributed by atoms with van der Waals surface area (Å²) in [6.45, 7) is 4.17. The van der Waals surface area contributed by atoms with Crippen molar-refractivity contribution in [2.75, 3.05) is 0 Å². The summed E-state index contributed by atoms with van der Waals surface area (Å²) < 4.78 is 0. The molecular weight excluding hydrogens is 292 g/mol. The largest absolute Gasteiger partial charge is 0.151 e. The lowest BCUT2D eigenvalue weighted by atomic mass is 10.1. The van der Waals surface area contributed by atoms with Gasteiger partial charge in [-0.1, -0.05) is 71.8 Å². The first kappa shape index (κ1) is 15.9. The lowest BCUT2D eigenvalue weighted by molar-refractivity contribution is 1.01. The van der Waals surface area contributed by atoms with Crippen molar-refractivity contribution < 1.29 is 0 Å². The summed E-state index contributed by atoms with van der Waals surface area (Å²) in [5.41, 5.74) is 6.54. The fourth-order valence-electron chi connectivity index (χ4n) is 2.25. The molecule has 1 aromatic heterocycles. The van der Waals surface area contributed by atoms with Crippen LogP contribution in [0.25, 0.3) is 24.3 Å². The Labute approximate surface area is 143 Å². The van der Waals surface area contributed by atoms with Crippen molar-refractivity contribution in [1.82, 2.24) is 10.2 Å². The zero-order valence-electron chi connectivity index (χ0n) is 14.0. The van der Waals surface area contributed by atoms with Crippen LogP contribution < -0.4 is 0 Å². The predicted octanol–water partition coefficient (Wildman–Crippen LogP) is 5.43. The summed E-state index contributed by atoms with van der Waals surface area (Å²) in [5, 5.41) is 8.50. The number of nitrogens with zero attached hydrogens (tertiary/aromatic N) is 2.